The largest absolute Gasteiger partial charge is 0.397 e. The molecule has 1 aliphatic heterocycles. The third-order valence-electron chi connectivity index (χ3n) is 2.68. The van der Waals surface area contributed by atoms with E-state index in [1.807, 2.05) is 6.07 Å². The summed E-state index contributed by atoms with van der Waals surface area (Å²) in [6, 6.07) is 3.99. The molecule has 1 aliphatic rings. The van der Waals surface area contributed by atoms with Crippen LogP contribution in [-0.2, 0) is 13.0 Å². The van der Waals surface area contributed by atoms with Crippen LogP contribution in [0, 0.1) is 0 Å². The van der Waals surface area contributed by atoms with Crippen molar-refractivity contribution in [2.24, 2.45) is 0 Å². The van der Waals surface area contributed by atoms with Gasteiger partial charge in [0.25, 0.3) is 0 Å². The lowest BCUT2D eigenvalue weighted by Gasteiger charge is -2.26. The molecule has 0 bridgehead atoms. The first-order valence-electron chi connectivity index (χ1n) is 4.52. The summed E-state index contributed by atoms with van der Waals surface area (Å²) in [5, 5.41) is 0. The number of rotatable bonds is 0. The predicted molar refractivity (Wildman–Crippen MR) is 55.3 cm³/mol. The van der Waals surface area contributed by atoms with E-state index in [2.05, 4.69) is 18.0 Å². The Bertz CT molecular complexity index is 333. The molecule has 0 saturated heterocycles. The molecule has 3 heteroatoms. The van der Waals surface area contributed by atoms with Gasteiger partial charge < -0.3 is 16.4 Å². The van der Waals surface area contributed by atoms with Gasteiger partial charge in [0.05, 0.1) is 11.4 Å². The van der Waals surface area contributed by atoms with Crippen molar-refractivity contribution in [3.63, 3.8) is 0 Å². The van der Waals surface area contributed by atoms with Gasteiger partial charge in [-0.2, -0.15) is 0 Å². The molecule has 4 N–H and O–H groups in total. The average molecular weight is 177 g/mol. The van der Waals surface area contributed by atoms with Crippen molar-refractivity contribution >= 4 is 11.4 Å². The molecule has 0 aromatic heterocycles. The van der Waals surface area contributed by atoms with Crippen LogP contribution in [0.3, 0.4) is 0 Å². The smallest absolute Gasteiger partial charge is 0.0596 e. The second kappa shape index (κ2) is 2.92. The summed E-state index contributed by atoms with van der Waals surface area (Å²) in [5.74, 6) is 0. The van der Waals surface area contributed by atoms with Crippen LogP contribution in [0.5, 0.6) is 0 Å². The number of fused-ring (bicyclic) bond motifs is 1. The van der Waals surface area contributed by atoms with Gasteiger partial charge in [-0.1, -0.05) is 6.07 Å². The zero-order chi connectivity index (χ0) is 9.42. The Balaban J connectivity index is 2.48. The lowest BCUT2D eigenvalue weighted by atomic mass is 9.97. The third-order valence-corrected chi connectivity index (χ3v) is 2.68. The molecule has 0 spiro atoms. The van der Waals surface area contributed by atoms with Gasteiger partial charge in [-0.25, -0.2) is 0 Å². The molecule has 70 valence electrons. The van der Waals surface area contributed by atoms with E-state index in [1.54, 1.807) is 0 Å². The van der Waals surface area contributed by atoms with Crippen LogP contribution < -0.4 is 11.5 Å². The van der Waals surface area contributed by atoms with Crippen molar-refractivity contribution in [2.75, 3.05) is 25.1 Å². The highest BCUT2D eigenvalue weighted by Crippen LogP contribution is 2.28. The minimum absolute atomic E-state index is 0.703. The number of anilines is 2. The van der Waals surface area contributed by atoms with E-state index in [9.17, 15) is 0 Å². The van der Waals surface area contributed by atoms with Crippen molar-refractivity contribution in [3.8, 4) is 0 Å². The van der Waals surface area contributed by atoms with Crippen LogP contribution in [0.25, 0.3) is 0 Å². The van der Waals surface area contributed by atoms with Crippen LogP contribution in [0.4, 0.5) is 11.4 Å². The normalized spacial score (nSPS) is 17.0. The standard InChI is InChI=1S/C10H15N3/c1-13-5-4-7-2-3-9(11)10(12)8(7)6-13/h2-3H,4-6,11-12H2,1H3. The van der Waals surface area contributed by atoms with Crippen molar-refractivity contribution in [3.05, 3.63) is 23.3 Å². The highest BCUT2D eigenvalue weighted by Gasteiger charge is 2.16. The van der Waals surface area contributed by atoms with Crippen LogP contribution >= 0.6 is 0 Å². The summed E-state index contributed by atoms with van der Waals surface area (Å²) in [7, 11) is 2.10. The Morgan fingerprint density at radius 3 is 2.85 bits per heavy atom. The molecule has 0 atom stereocenters. The summed E-state index contributed by atoms with van der Waals surface area (Å²) in [6.07, 6.45) is 1.08. The topological polar surface area (TPSA) is 55.3 Å². The molecule has 1 aromatic rings. The Morgan fingerprint density at radius 2 is 2.08 bits per heavy atom. The minimum atomic E-state index is 0.703. The summed E-state index contributed by atoms with van der Waals surface area (Å²) < 4.78 is 0. The maximum Gasteiger partial charge on any atom is 0.0596 e. The molecule has 1 aromatic carbocycles. The van der Waals surface area contributed by atoms with Gasteiger partial charge in [0.1, 0.15) is 0 Å². The monoisotopic (exact) mass is 177 g/mol. The van der Waals surface area contributed by atoms with Crippen LogP contribution in [0.2, 0.25) is 0 Å². The zero-order valence-electron chi connectivity index (χ0n) is 7.88. The molecule has 0 unspecified atom stereocenters. The fraction of sp³-hybridized carbons (Fsp3) is 0.400. The lowest BCUT2D eigenvalue weighted by molar-refractivity contribution is 0.314. The highest BCUT2D eigenvalue weighted by atomic mass is 15.1. The molecule has 0 saturated carbocycles. The Labute approximate surface area is 78.3 Å². The molecular formula is C10H15N3. The maximum absolute atomic E-state index is 5.91. The van der Waals surface area contributed by atoms with E-state index in [0.29, 0.717) is 5.69 Å². The number of nitrogen functional groups attached to an aromatic ring is 2. The lowest BCUT2D eigenvalue weighted by Crippen LogP contribution is -2.27. The molecular weight excluding hydrogens is 162 g/mol. The number of nitrogens with zero attached hydrogens (tertiary/aromatic N) is 1. The van der Waals surface area contributed by atoms with Gasteiger partial charge in [-0.05, 0) is 30.7 Å². The molecule has 13 heavy (non-hydrogen) atoms. The fourth-order valence-electron chi connectivity index (χ4n) is 1.81. The van der Waals surface area contributed by atoms with Crippen molar-refractivity contribution in [1.82, 2.24) is 4.90 Å². The average Bonchev–Trinajstić information content (AvgIpc) is 2.12. The second-order valence-corrected chi connectivity index (χ2v) is 3.69. The van der Waals surface area contributed by atoms with Gasteiger partial charge in [0.2, 0.25) is 0 Å². The zero-order valence-corrected chi connectivity index (χ0v) is 7.88. The fourth-order valence-corrected chi connectivity index (χ4v) is 1.81. The van der Waals surface area contributed by atoms with E-state index >= 15 is 0 Å². The van der Waals surface area contributed by atoms with Gasteiger partial charge in [-0.15, -0.1) is 0 Å². The molecule has 1 heterocycles. The molecule has 0 radical (unpaired) electrons. The molecule has 0 amide bonds. The predicted octanol–water partition coefficient (Wildman–Crippen LogP) is 0.839. The number of nitrogens with two attached hydrogens (primary N) is 2. The molecule has 3 nitrogen and oxygen atoms in total. The first kappa shape index (κ1) is 8.38. The number of benzene rings is 1. The highest BCUT2D eigenvalue weighted by molar-refractivity contribution is 5.69. The van der Waals surface area contributed by atoms with Crippen molar-refractivity contribution in [1.29, 1.82) is 0 Å². The van der Waals surface area contributed by atoms with Crippen LogP contribution in [-0.4, -0.2) is 18.5 Å². The molecule has 2 rings (SSSR count). The Kier molecular flexibility index (Phi) is 1.88. The van der Waals surface area contributed by atoms with E-state index in [1.165, 1.54) is 11.1 Å². The third kappa shape index (κ3) is 1.35. The first-order valence-corrected chi connectivity index (χ1v) is 4.52. The number of hydrogen-bond donors (Lipinski definition) is 2. The van der Waals surface area contributed by atoms with E-state index in [4.69, 9.17) is 11.5 Å². The van der Waals surface area contributed by atoms with Gasteiger partial charge in [-0.3, -0.25) is 0 Å². The molecule has 0 fully saturated rings. The van der Waals surface area contributed by atoms with E-state index in [0.717, 1.165) is 25.2 Å². The summed E-state index contributed by atoms with van der Waals surface area (Å²) in [5.41, 5.74) is 15.7. The summed E-state index contributed by atoms with van der Waals surface area (Å²) in [6.45, 7) is 2.03. The second-order valence-electron chi connectivity index (χ2n) is 3.69. The molecule has 0 aliphatic carbocycles. The van der Waals surface area contributed by atoms with Crippen molar-refractivity contribution in [2.45, 2.75) is 13.0 Å². The summed E-state index contributed by atoms with van der Waals surface area (Å²) in [4.78, 5) is 2.26. The van der Waals surface area contributed by atoms with Gasteiger partial charge in [0.15, 0.2) is 0 Å². The SMILES string of the molecule is CN1CCc2ccc(N)c(N)c2C1. The van der Waals surface area contributed by atoms with Gasteiger partial charge in [0, 0.05) is 13.1 Å². The van der Waals surface area contributed by atoms with Crippen LogP contribution in [0.1, 0.15) is 11.1 Å². The Hall–Kier alpha value is -1.22. The van der Waals surface area contributed by atoms with E-state index in [-0.39, 0.29) is 0 Å². The first-order chi connectivity index (χ1) is 6.18. The van der Waals surface area contributed by atoms with Crippen molar-refractivity contribution < 1.29 is 0 Å². The number of likely N-dealkylation sites (N-methyl/N-ethyl adjacent to an activating group) is 1. The van der Waals surface area contributed by atoms with Crippen LogP contribution in [0.15, 0.2) is 12.1 Å². The minimum Gasteiger partial charge on any atom is -0.397 e. The van der Waals surface area contributed by atoms with E-state index < -0.39 is 0 Å². The van der Waals surface area contributed by atoms with Gasteiger partial charge >= 0.3 is 0 Å². The maximum atomic E-state index is 5.91. The summed E-state index contributed by atoms with van der Waals surface area (Å²) >= 11 is 0. The quantitative estimate of drug-likeness (QED) is 0.577. The number of hydrogen-bond acceptors (Lipinski definition) is 3. The Morgan fingerprint density at radius 1 is 1.31 bits per heavy atom.